The summed E-state index contributed by atoms with van der Waals surface area (Å²) in [5.41, 5.74) is 1.88. The molecule has 1 amide bonds. The van der Waals surface area contributed by atoms with Crippen molar-refractivity contribution in [3.05, 3.63) is 96.1 Å². The van der Waals surface area contributed by atoms with Crippen LogP contribution in [0.5, 0.6) is 11.5 Å². The van der Waals surface area contributed by atoms with Gasteiger partial charge in [0.1, 0.15) is 11.5 Å². The van der Waals surface area contributed by atoms with Crippen molar-refractivity contribution in [2.24, 2.45) is 5.92 Å². The number of piperidine rings is 1. The van der Waals surface area contributed by atoms with Crippen molar-refractivity contribution in [2.45, 2.75) is 19.4 Å². The van der Waals surface area contributed by atoms with Crippen molar-refractivity contribution in [3.63, 3.8) is 0 Å². The fourth-order valence-electron chi connectivity index (χ4n) is 3.78. The second-order valence-corrected chi connectivity index (χ2v) is 7.70. The molecule has 30 heavy (non-hydrogen) atoms. The van der Waals surface area contributed by atoms with Gasteiger partial charge in [0.15, 0.2) is 0 Å². The Labute approximate surface area is 178 Å². The van der Waals surface area contributed by atoms with E-state index < -0.39 is 0 Å². The minimum absolute atomic E-state index is 0.0778. The third-order valence-corrected chi connectivity index (χ3v) is 5.35. The molecular formula is C26H27NO3. The summed E-state index contributed by atoms with van der Waals surface area (Å²) in [5, 5.41) is 0. The average molecular weight is 402 g/mol. The molecule has 1 atom stereocenters. The summed E-state index contributed by atoms with van der Waals surface area (Å²) in [6.07, 6.45) is 2.11. The largest absolute Gasteiger partial charge is 0.457 e. The van der Waals surface area contributed by atoms with Gasteiger partial charge >= 0.3 is 0 Å². The summed E-state index contributed by atoms with van der Waals surface area (Å²) in [4.78, 5) is 14.9. The zero-order valence-corrected chi connectivity index (χ0v) is 17.1. The number of rotatable bonds is 7. The van der Waals surface area contributed by atoms with Gasteiger partial charge in [-0.1, -0.05) is 48.5 Å². The van der Waals surface area contributed by atoms with Crippen LogP contribution in [0, 0.1) is 5.92 Å². The smallest absolute Gasteiger partial charge is 0.253 e. The van der Waals surface area contributed by atoms with E-state index in [4.69, 9.17) is 9.47 Å². The van der Waals surface area contributed by atoms with E-state index in [0.717, 1.165) is 37.4 Å². The summed E-state index contributed by atoms with van der Waals surface area (Å²) in [6.45, 7) is 2.85. The topological polar surface area (TPSA) is 38.8 Å². The molecule has 1 unspecified atom stereocenters. The zero-order valence-electron chi connectivity index (χ0n) is 17.1. The van der Waals surface area contributed by atoms with Crippen LogP contribution in [0.1, 0.15) is 28.8 Å². The van der Waals surface area contributed by atoms with E-state index >= 15 is 0 Å². The monoisotopic (exact) mass is 401 g/mol. The first-order chi connectivity index (χ1) is 14.8. The van der Waals surface area contributed by atoms with Gasteiger partial charge in [-0.2, -0.15) is 0 Å². The molecule has 1 heterocycles. The van der Waals surface area contributed by atoms with Gasteiger partial charge in [-0.25, -0.2) is 0 Å². The van der Waals surface area contributed by atoms with Gasteiger partial charge in [-0.3, -0.25) is 4.79 Å². The SMILES string of the molecule is O=C(c1ccc(Oc2ccccc2)cc1)N1CCCC(COCc2ccccc2)C1. The normalized spacial score (nSPS) is 16.3. The van der Waals surface area contributed by atoms with Crippen LogP contribution in [0.15, 0.2) is 84.9 Å². The van der Waals surface area contributed by atoms with Gasteiger partial charge in [0.05, 0.1) is 13.2 Å². The van der Waals surface area contributed by atoms with E-state index in [-0.39, 0.29) is 5.91 Å². The van der Waals surface area contributed by atoms with Crippen molar-refractivity contribution >= 4 is 5.91 Å². The van der Waals surface area contributed by atoms with Gasteiger partial charge in [0, 0.05) is 18.7 Å². The Morgan fingerprint density at radius 3 is 2.27 bits per heavy atom. The first-order valence-corrected chi connectivity index (χ1v) is 10.5. The number of hydrogen-bond donors (Lipinski definition) is 0. The van der Waals surface area contributed by atoms with Crippen molar-refractivity contribution in [2.75, 3.05) is 19.7 Å². The molecule has 1 fully saturated rings. The number of ether oxygens (including phenoxy) is 2. The minimum Gasteiger partial charge on any atom is -0.457 e. The second-order valence-electron chi connectivity index (χ2n) is 7.70. The molecule has 3 aromatic rings. The van der Waals surface area contributed by atoms with Crippen LogP contribution >= 0.6 is 0 Å². The molecule has 1 aliphatic heterocycles. The Morgan fingerprint density at radius 2 is 1.53 bits per heavy atom. The first kappa shape index (κ1) is 20.2. The summed E-state index contributed by atoms with van der Waals surface area (Å²) in [5.74, 6) is 1.97. The van der Waals surface area contributed by atoms with E-state index in [1.54, 1.807) is 0 Å². The molecule has 0 N–H and O–H groups in total. The Hall–Kier alpha value is -3.11. The highest BCUT2D eigenvalue weighted by molar-refractivity contribution is 5.94. The van der Waals surface area contributed by atoms with E-state index in [0.29, 0.717) is 24.7 Å². The number of carbonyl (C=O) groups is 1. The fourth-order valence-corrected chi connectivity index (χ4v) is 3.78. The lowest BCUT2D eigenvalue weighted by atomic mass is 9.98. The highest BCUT2D eigenvalue weighted by Gasteiger charge is 2.24. The molecule has 1 saturated heterocycles. The predicted molar refractivity (Wildman–Crippen MR) is 118 cm³/mol. The van der Waals surface area contributed by atoms with E-state index in [2.05, 4.69) is 12.1 Å². The van der Waals surface area contributed by atoms with Gasteiger partial charge in [0.25, 0.3) is 5.91 Å². The summed E-state index contributed by atoms with van der Waals surface area (Å²) < 4.78 is 11.7. The van der Waals surface area contributed by atoms with Gasteiger partial charge in [0.2, 0.25) is 0 Å². The van der Waals surface area contributed by atoms with Crippen LogP contribution in [0.25, 0.3) is 0 Å². The standard InChI is InChI=1S/C26H27NO3/c28-26(23-13-15-25(16-14-23)30-24-11-5-2-6-12-24)27-17-7-10-22(18-27)20-29-19-21-8-3-1-4-9-21/h1-6,8-9,11-16,22H,7,10,17-20H2. The molecular weight excluding hydrogens is 374 g/mol. The van der Waals surface area contributed by atoms with Gasteiger partial charge in [-0.05, 0) is 60.7 Å². The highest BCUT2D eigenvalue weighted by atomic mass is 16.5. The molecule has 0 radical (unpaired) electrons. The maximum atomic E-state index is 13.0. The third-order valence-electron chi connectivity index (χ3n) is 5.35. The van der Waals surface area contributed by atoms with Crippen LogP contribution in [0.4, 0.5) is 0 Å². The second kappa shape index (κ2) is 10.1. The molecule has 0 spiro atoms. The molecule has 4 heteroatoms. The summed E-state index contributed by atoms with van der Waals surface area (Å²) in [7, 11) is 0. The number of amides is 1. The number of likely N-dealkylation sites (tertiary alicyclic amines) is 1. The Kier molecular flexibility index (Phi) is 6.78. The fraction of sp³-hybridized carbons (Fsp3) is 0.269. The molecule has 4 nitrogen and oxygen atoms in total. The van der Waals surface area contributed by atoms with Crippen molar-refractivity contribution < 1.29 is 14.3 Å². The lowest BCUT2D eigenvalue weighted by Crippen LogP contribution is -2.41. The molecule has 0 bridgehead atoms. The number of para-hydroxylation sites is 1. The molecule has 1 aliphatic rings. The number of hydrogen-bond acceptors (Lipinski definition) is 3. The van der Waals surface area contributed by atoms with Crippen LogP contribution in [-0.2, 0) is 11.3 Å². The van der Waals surface area contributed by atoms with Crippen LogP contribution in [0.3, 0.4) is 0 Å². The van der Waals surface area contributed by atoms with E-state index in [1.165, 1.54) is 5.56 Å². The quantitative estimate of drug-likeness (QED) is 0.521. The average Bonchev–Trinajstić information content (AvgIpc) is 2.81. The lowest BCUT2D eigenvalue weighted by molar-refractivity contribution is 0.0425. The predicted octanol–water partition coefficient (Wildman–Crippen LogP) is 5.55. The molecule has 154 valence electrons. The van der Waals surface area contributed by atoms with Gasteiger partial charge < -0.3 is 14.4 Å². The van der Waals surface area contributed by atoms with Crippen molar-refractivity contribution in [1.82, 2.24) is 4.90 Å². The Bertz CT molecular complexity index is 926. The Morgan fingerprint density at radius 1 is 0.867 bits per heavy atom. The molecule has 0 saturated carbocycles. The maximum Gasteiger partial charge on any atom is 0.253 e. The highest BCUT2D eigenvalue weighted by Crippen LogP contribution is 2.23. The summed E-state index contributed by atoms with van der Waals surface area (Å²) >= 11 is 0. The first-order valence-electron chi connectivity index (χ1n) is 10.5. The molecule has 0 aliphatic carbocycles. The van der Waals surface area contributed by atoms with Crippen molar-refractivity contribution in [3.8, 4) is 11.5 Å². The lowest BCUT2D eigenvalue weighted by Gasteiger charge is -2.32. The molecule has 0 aromatic heterocycles. The van der Waals surface area contributed by atoms with Gasteiger partial charge in [-0.15, -0.1) is 0 Å². The van der Waals surface area contributed by atoms with E-state index in [1.807, 2.05) is 77.7 Å². The molecule has 3 aromatic carbocycles. The number of benzene rings is 3. The van der Waals surface area contributed by atoms with Crippen molar-refractivity contribution in [1.29, 1.82) is 0 Å². The molecule has 4 rings (SSSR count). The maximum absolute atomic E-state index is 13.0. The van der Waals surface area contributed by atoms with E-state index in [9.17, 15) is 4.79 Å². The number of nitrogens with zero attached hydrogens (tertiary/aromatic N) is 1. The minimum atomic E-state index is 0.0778. The van der Waals surface area contributed by atoms with Crippen LogP contribution < -0.4 is 4.74 Å². The van der Waals surface area contributed by atoms with Crippen LogP contribution in [0.2, 0.25) is 0 Å². The number of carbonyl (C=O) groups excluding carboxylic acids is 1. The Balaban J connectivity index is 1.29. The zero-order chi connectivity index (χ0) is 20.6. The third kappa shape index (κ3) is 5.49. The van der Waals surface area contributed by atoms with Crippen LogP contribution in [-0.4, -0.2) is 30.5 Å². The summed E-state index contributed by atoms with van der Waals surface area (Å²) in [6, 6.07) is 27.2.